The van der Waals surface area contributed by atoms with Crippen LogP contribution < -0.4 is 4.74 Å². The van der Waals surface area contributed by atoms with Crippen LogP contribution in [0.5, 0.6) is 5.88 Å². The average molecular weight is 137 g/mol. The van der Waals surface area contributed by atoms with Crippen LogP contribution in [0.1, 0.15) is 0 Å². The maximum absolute atomic E-state index is 4.86. The molecule has 1 aromatic heterocycles. The van der Waals surface area contributed by atoms with E-state index in [-0.39, 0.29) is 0 Å². The van der Waals surface area contributed by atoms with E-state index in [0.29, 0.717) is 5.88 Å². The van der Waals surface area contributed by atoms with E-state index in [0.717, 1.165) is 5.69 Å². The molecule has 0 amide bonds. The molecule has 0 aliphatic heterocycles. The number of nitrogens with zero attached hydrogens (tertiary/aromatic N) is 2. The summed E-state index contributed by atoms with van der Waals surface area (Å²) in [5.74, 6) is 0.618. The molecule has 0 saturated carbocycles. The van der Waals surface area contributed by atoms with Gasteiger partial charge in [-0.05, 0) is 6.07 Å². The molecule has 54 valence electrons. The minimum Gasteiger partial charge on any atom is -0.686 e. The molecule has 1 heterocycles. The van der Waals surface area contributed by atoms with E-state index in [2.05, 4.69) is 10.3 Å². The molecular formula is C7H9N2O-. The highest BCUT2D eigenvalue weighted by Gasteiger charge is 1.85. The fraction of sp³-hybridized carbons (Fsp3) is 0.286. The zero-order valence-electron chi connectivity index (χ0n) is 6.03. The van der Waals surface area contributed by atoms with Crippen molar-refractivity contribution in [1.29, 1.82) is 0 Å². The maximum Gasteiger partial charge on any atom is 0.212 e. The molecule has 0 fully saturated rings. The van der Waals surface area contributed by atoms with Gasteiger partial charge in [0.1, 0.15) is 0 Å². The van der Waals surface area contributed by atoms with Crippen LogP contribution in [0.3, 0.4) is 0 Å². The van der Waals surface area contributed by atoms with Crippen LogP contribution >= 0.6 is 0 Å². The molecule has 1 rings (SSSR count). The molecule has 0 radical (unpaired) electrons. The molecule has 3 nitrogen and oxygen atoms in total. The second kappa shape index (κ2) is 3.06. The van der Waals surface area contributed by atoms with Crippen molar-refractivity contribution in [2.24, 2.45) is 0 Å². The Morgan fingerprint density at radius 1 is 1.50 bits per heavy atom. The Bertz CT molecular complexity index is 172. The van der Waals surface area contributed by atoms with E-state index in [4.69, 9.17) is 4.74 Å². The SMILES string of the molecule is C[N-]c1ccc(OC)nc1. The fourth-order valence-corrected chi connectivity index (χ4v) is 0.626. The highest BCUT2D eigenvalue weighted by Crippen LogP contribution is 2.15. The summed E-state index contributed by atoms with van der Waals surface area (Å²) in [7, 11) is 3.31. The lowest BCUT2D eigenvalue weighted by atomic mass is 10.4. The van der Waals surface area contributed by atoms with E-state index in [1.807, 2.05) is 6.07 Å². The largest absolute Gasteiger partial charge is 0.686 e. The number of pyridine rings is 1. The monoisotopic (exact) mass is 137 g/mol. The van der Waals surface area contributed by atoms with Crippen LogP contribution in [0.2, 0.25) is 0 Å². The van der Waals surface area contributed by atoms with E-state index in [9.17, 15) is 0 Å². The van der Waals surface area contributed by atoms with Gasteiger partial charge >= 0.3 is 0 Å². The number of aromatic nitrogens is 1. The quantitative estimate of drug-likeness (QED) is 0.622. The van der Waals surface area contributed by atoms with Gasteiger partial charge in [0.25, 0.3) is 0 Å². The summed E-state index contributed by atoms with van der Waals surface area (Å²) in [6, 6.07) is 3.63. The molecule has 0 aromatic carbocycles. The summed E-state index contributed by atoms with van der Waals surface area (Å²) in [5.41, 5.74) is 0.862. The van der Waals surface area contributed by atoms with Crippen molar-refractivity contribution in [2.75, 3.05) is 14.2 Å². The Labute approximate surface area is 60.0 Å². The highest BCUT2D eigenvalue weighted by atomic mass is 16.5. The predicted molar refractivity (Wildman–Crippen MR) is 39.7 cm³/mol. The normalized spacial score (nSPS) is 9.00. The highest BCUT2D eigenvalue weighted by molar-refractivity contribution is 5.45. The number of hydrogen-bond acceptors (Lipinski definition) is 2. The molecule has 0 aliphatic carbocycles. The molecule has 3 heteroatoms. The smallest absolute Gasteiger partial charge is 0.212 e. The van der Waals surface area contributed by atoms with Gasteiger partial charge in [-0.1, -0.05) is 6.07 Å². The lowest BCUT2D eigenvalue weighted by molar-refractivity contribution is 0.398. The molecule has 0 saturated heterocycles. The predicted octanol–water partition coefficient (Wildman–Crippen LogP) is 1.73. The summed E-state index contributed by atoms with van der Waals surface area (Å²) in [6.45, 7) is 0. The van der Waals surface area contributed by atoms with Gasteiger partial charge in [-0.3, -0.25) is 0 Å². The van der Waals surface area contributed by atoms with Gasteiger partial charge in [-0.15, -0.1) is 12.7 Å². The molecule has 0 bridgehead atoms. The van der Waals surface area contributed by atoms with Crippen LogP contribution in [0.4, 0.5) is 5.69 Å². The van der Waals surface area contributed by atoms with Gasteiger partial charge in [0.05, 0.1) is 7.11 Å². The summed E-state index contributed by atoms with van der Waals surface area (Å²) in [5, 5.41) is 3.93. The third-order valence-electron chi connectivity index (χ3n) is 1.19. The zero-order chi connectivity index (χ0) is 7.40. The van der Waals surface area contributed by atoms with Crippen molar-refractivity contribution in [2.45, 2.75) is 0 Å². The minimum absolute atomic E-state index is 0.618. The molecular weight excluding hydrogens is 128 g/mol. The van der Waals surface area contributed by atoms with E-state index >= 15 is 0 Å². The lowest BCUT2D eigenvalue weighted by Gasteiger charge is -2.11. The molecule has 1 aromatic rings. The van der Waals surface area contributed by atoms with E-state index in [1.165, 1.54) is 0 Å². The molecule has 0 unspecified atom stereocenters. The van der Waals surface area contributed by atoms with Gasteiger partial charge in [0.2, 0.25) is 5.88 Å². The average Bonchev–Trinajstić information content (AvgIpc) is 2.05. The molecule has 0 spiro atoms. The summed E-state index contributed by atoms with van der Waals surface area (Å²) in [4.78, 5) is 3.95. The fourth-order valence-electron chi connectivity index (χ4n) is 0.626. The van der Waals surface area contributed by atoms with Gasteiger partial charge in [0, 0.05) is 6.20 Å². The lowest BCUT2D eigenvalue weighted by Crippen LogP contribution is -1.84. The Balaban J connectivity index is 2.80. The Morgan fingerprint density at radius 2 is 2.30 bits per heavy atom. The first-order valence-corrected chi connectivity index (χ1v) is 2.96. The van der Waals surface area contributed by atoms with Crippen LogP contribution in [-0.2, 0) is 0 Å². The summed E-state index contributed by atoms with van der Waals surface area (Å²) >= 11 is 0. The van der Waals surface area contributed by atoms with Crippen LogP contribution in [0.15, 0.2) is 18.3 Å². The summed E-state index contributed by atoms with van der Waals surface area (Å²) < 4.78 is 4.86. The number of ether oxygens (including phenoxy) is 1. The number of methoxy groups -OCH3 is 1. The van der Waals surface area contributed by atoms with Gasteiger partial charge in [0.15, 0.2) is 0 Å². The third kappa shape index (κ3) is 1.37. The van der Waals surface area contributed by atoms with Crippen molar-refractivity contribution in [3.05, 3.63) is 23.6 Å². The Hall–Kier alpha value is -1.25. The first-order chi connectivity index (χ1) is 4.86. The van der Waals surface area contributed by atoms with Gasteiger partial charge < -0.3 is 10.1 Å². The summed E-state index contributed by atoms with van der Waals surface area (Å²) in [6.07, 6.45) is 1.67. The van der Waals surface area contributed by atoms with Crippen molar-refractivity contribution in [1.82, 2.24) is 4.98 Å². The minimum atomic E-state index is 0.618. The van der Waals surface area contributed by atoms with E-state index < -0.39 is 0 Å². The maximum atomic E-state index is 4.86. The van der Waals surface area contributed by atoms with Gasteiger partial charge in [-0.2, -0.15) is 0 Å². The molecule has 0 aliphatic rings. The molecule has 10 heavy (non-hydrogen) atoms. The molecule has 0 atom stereocenters. The Morgan fingerprint density at radius 3 is 2.70 bits per heavy atom. The Kier molecular flexibility index (Phi) is 2.10. The third-order valence-corrected chi connectivity index (χ3v) is 1.19. The van der Waals surface area contributed by atoms with Crippen LogP contribution in [0.25, 0.3) is 5.32 Å². The van der Waals surface area contributed by atoms with Crippen LogP contribution in [-0.4, -0.2) is 19.1 Å². The van der Waals surface area contributed by atoms with Crippen LogP contribution in [0, 0.1) is 0 Å². The van der Waals surface area contributed by atoms with E-state index in [1.54, 1.807) is 26.4 Å². The van der Waals surface area contributed by atoms with Gasteiger partial charge in [-0.25, -0.2) is 4.98 Å². The van der Waals surface area contributed by atoms with Crippen molar-refractivity contribution in [3.63, 3.8) is 0 Å². The molecule has 0 N–H and O–H groups in total. The standard InChI is InChI=1S/C7H9N2O/c1-8-6-3-4-7(10-2)9-5-6/h3-5H,1-2H3/q-1. The topological polar surface area (TPSA) is 36.2 Å². The second-order valence-corrected chi connectivity index (χ2v) is 1.78. The number of rotatable bonds is 2. The van der Waals surface area contributed by atoms with Crippen molar-refractivity contribution >= 4 is 5.69 Å². The second-order valence-electron chi connectivity index (χ2n) is 1.78. The van der Waals surface area contributed by atoms with Crippen molar-refractivity contribution < 1.29 is 4.74 Å². The number of hydrogen-bond donors (Lipinski definition) is 0. The van der Waals surface area contributed by atoms with Crippen molar-refractivity contribution in [3.8, 4) is 5.88 Å². The zero-order valence-corrected chi connectivity index (χ0v) is 6.03. The first-order valence-electron chi connectivity index (χ1n) is 2.96. The first kappa shape index (κ1) is 6.86.